The summed E-state index contributed by atoms with van der Waals surface area (Å²) in [6, 6.07) is 10.3. The van der Waals surface area contributed by atoms with Crippen LogP contribution >= 0.6 is 0 Å². The Morgan fingerprint density at radius 3 is 1.71 bits per heavy atom. The van der Waals surface area contributed by atoms with Crippen LogP contribution in [-0.4, -0.2) is 41.3 Å². The summed E-state index contributed by atoms with van der Waals surface area (Å²) in [7, 11) is -3.67. The number of carbonyl (C=O) groups is 2. The van der Waals surface area contributed by atoms with E-state index < -0.39 is 21.9 Å². The highest BCUT2D eigenvalue weighted by molar-refractivity contribution is 7.85. The van der Waals surface area contributed by atoms with Gasteiger partial charge in [-0.2, -0.15) is 8.42 Å². The summed E-state index contributed by atoms with van der Waals surface area (Å²) < 4.78 is 25.9. The van der Waals surface area contributed by atoms with Crippen LogP contribution in [-0.2, 0) is 10.1 Å². The molecule has 0 spiro atoms. The monoisotopic (exact) mass is 309 g/mol. The Bertz CT molecular complexity index is 784. The average Bonchev–Trinajstić information content (AvgIpc) is 2.40. The number of amides is 2. The van der Waals surface area contributed by atoms with E-state index in [-0.39, 0.29) is 5.06 Å². The molecule has 1 heterocycles. The topological polar surface area (TPSA) is 112 Å². The molecule has 2 aromatic rings. The first-order chi connectivity index (χ1) is 9.70. The quantitative estimate of drug-likeness (QED) is 0.431. The average molecular weight is 309 g/mol. The van der Waals surface area contributed by atoms with E-state index in [4.69, 9.17) is 4.55 Å². The third kappa shape index (κ3) is 3.07. The highest BCUT2D eigenvalue weighted by Gasteiger charge is 2.31. The van der Waals surface area contributed by atoms with Crippen LogP contribution in [0.15, 0.2) is 36.4 Å². The molecule has 0 unspecified atom stereocenters. The zero-order valence-electron chi connectivity index (χ0n) is 10.8. The van der Waals surface area contributed by atoms with Crippen molar-refractivity contribution in [3.05, 3.63) is 47.5 Å². The Morgan fingerprint density at radius 1 is 0.952 bits per heavy atom. The predicted molar refractivity (Wildman–Crippen MR) is 73.7 cm³/mol. The Balaban J connectivity index is 0.000000282. The van der Waals surface area contributed by atoms with Crippen LogP contribution in [0.2, 0.25) is 0 Å². The number of hydrogen-bond acceptors (Lipinski definition) is 5. The van der Waals surface area contributed by atoms with E-state index in [0.29, 0.717) is 22.8 Å². The molecule has 110 valence electrons. The van der Waals surface area contributed by atoms with Gasteiger partial charge in [0.05, 0.1) is 17.4 Å². The molecule has 0 atom stereocenters. The lowest BCUT2D eigenvalue weighted by Gasteiger charge is -2.21. The van der Waals surface area contributed by atoms with E-state index in [9.17, 15) is 23.2 Å². The first-order valence-corrected chi connectivity index (χ1v) is 7.57. The van der Waals surface area contributed by atoms with Crippen LogP contribution in [0.1, 0.15) is 20.7 Å². The van der Waals surface area contributed by atoms with Crippen LogP contribution in [0.5, 0.6) is 0 Å². The molecular weight excluding hydrogens is 298 g/mol. The lowest BCUT2D eigenvalue weighted by atomic mass is 9.95. The molecular formula is C13H11NO6S. The molecule has 8 heteroatoms. The van der Waals surface area contributed by atoms with Crippen LogP contribution in [0.4, 0.5) is 0 Å². The van der Waals surface area contributed by atoms with Crippen molar-refractivity contribution in [2.75, 3.05) is 6.26 Å². The Labute approximate surface area is 120 Å². The van der Waals surface area contributed by atoms with Gasteiger partial charge in [-0.1, -0.05) is 24.3 Å². The minimum Gasteiger partial charge on any atom is -0.286 e. The smallest absolute Gasteiger partial charge is 0.285 e. The standard InChI is InChI=1S/C12H7NO3.CH4O3S/c14-11-8-5-1-3-7-4-2-6-9(10(7)8)12(15)13(11)16;1-5(2,3)4/h1-6,16H;1H3,(H,2,3,4). The number of hydroxylamine groups is 2. The van der Waals surface area contributed by atoms with Gasteiger partial charge in [-0.3, -0.25) is 19.3 Å². The molecule has 0 radical (unpaired) electrons. The van der Waals surface area contributed by atoms with Crippen LogP contribution < -0.4 is 0 Å². The number of benzene rings is 2. The van der Waals surface area contributed by atoms with Gasteiger partial charge in [-0.15, -0.1) is 5.06 Å². The maximum Gasteiger partial charge on any atom is 0.285 e. The minimum atomic E-state index is -3.67. The molecule has 0 aliphatic carbocycles. The lowest BCUT2D eigenvalue weighted by molar-refractivity contribution is -0.0377. The third-order valence-electron chi connectivity index (χ3n) is 2.75. The summed E-state index contributed by atoms with van der Waals surface area (Å²) in [5, 5.41) is 11.0. The minimum absolute atomic E-state index is 0.164. The molecule has 2 aromatic carbocycles. The van der Waals surface area contributed by atoms with E-state index in [1.54, 1.807) is 24.3 Å². The van der Waals surface area contributed by atoms with E-state index in [1.807, 2.05) is 12.1 Å². The maximum atomic E-state index is 11.7. The fraction of sp³-hybridized carbons (Fsp3) is 0.0769. The fourth-order valence-electron chi connectivity index (χ4n) is 2.02. The molecule has 0 saturated carbocycles. The summed E-state index contributed by atoms with van der Waals surface area (Å²) >= 11 is 0. The highest BCUT2D eigenvalue weighted by atomic mass is 32.2. The second-order valence-electron chi connectivity index (χ2n) is 4.36. The van der Waals surface area contributed by atoms with Crippen molar-refractivity contribution in [2.45, 2.75) is 0 Å². The fourth-order valence-corrected chi connectivity index (χ4v) is 2.02. The molecule has 1 aliphatic heterocycles. The molecule has 7 nitrogen and oxygen atoms in total. The lowest BCUT2D eigenvalue weighted by Crippen LogP contribution is -2.37. The van der Waals surface area contributed by atoms with Crippen molar-refractivity contribution in [3.8, 4) is 0 Å². The molecule has 21 heavy (non-hydrogen) atoms. The van der Waals surface area contributed by atoms with Gasteiger partial charge in [-0.05, 0) is 17.5 Å². The molecule has 2 amide bonds. The van der Waals surface area contributed by atoms with Crippen LogP contribution in [0.25, 0.3) is 10.8 Å². The SMILES string of the molecule is CS(=O)(=O)O.O=C1c2cccc3cccc(c23)C(=O)N1O. The maximum absolute atomic E-state index is 11.7. The van der Waals surface area contributed by atoms with Crippen molar-refractivity contribution >= 4 is 32.7 Å². The zero-order valence-corrected chi connectivity index (χ0v) is 11.7. The predicted octanol–water partition coefficient (Wildman–Crippen LogP) is 1.33. The van der Waals surface area contributed by atoms with Gasteiger partial charge in [0, 0.05) is 5.39 Å². The second kappa shape index (κ2) is 5.24. The largest absolute Gasteiger partial charge is 0.286 e. The molecule has 0 fully saturated rings. The summed E-state index contributed by atoms with van der Waals surface area (Å²) in [4.78, 5) is 23.3. The summed E-state index contributed by atoms with van der Waals surface area (Å²) in [6.07, 6.45) is 0.715. The van der Waals surface area contributed by atoms with Gasteiger partial charge in [-0.25, -0.2) is 0 Å². The molecule has 3 rings (SSSR count). The van der Waals surface area contributed by atoms with Gasteiger partial charge in [0.25, 0.3) is 21.9 Å². The summed E-state index contributed by atoms with van der Waals surface area (Å²) in [5.74, 6) is -1.34. The van der Waals surface area contributed by atoms with Crippen LogP contribution in [0, 0.1) is 0 Å². The van der Waals surface area contributed by atoms with Crippen molar-refractivity contribution in [2.24, 2.45) is 0 Å². The van der Waals surface area contributed by atoms with E-state index in [2.05, 4.69) is 0 Å². The Hall–Kier alpha value is -2.29. The summed E-state index contributed by atoms with van der Waals surface area (Å²) in [5.41, 5.74) is 0.713. The third-order valence-corrected chi connectivity index (χ3v) is 2.75. The van der Waals surface area contributed by atoms with Crippen molar-refractivity contribution in [3.63, 3.8) is 0 Å². The van der Waals surface area contributed by atoms with Crippen molar-refractivity contribution in [1.82, 2.24) is 5.06 Å². The summed E-state index contributed by atoms with van der Waals surface area (Å²) in [6.45, 7) is 0. The number of hydrogen-bond donors (Lipinski definition) is 2. The van der Waals surface area contributed by atoms with Gasteiger partial charge in [0.15, 0.2) is 0 Å². The van der Waals surface area contributed by atoms with Gasteiger partial charge < -0.3 is 0 Å². The van der Waals surface area contributed by atoms with Gasteiger partial charge in [0.2, 0.25) is 0 Å². The first kappa shape index (κ1) is 15.1. The number of rotatable bonds is 0. The zero-order chi connectivity index (χ0) is 15.8. The molecule has 0 aromatic heterocycles. The second-order valence-corrected chi connectivity index (χ2v) is 5.83. The van der Waals surface area contributed by atoms with Crippen molar-refractivity contribution in [1.29, 1.82) is 0 Å². The number of nitrogens with zero attached hydrogens (tertiary/aromatic N) is 1. The Morgan fingerprint density at radius 2 is 1.33 bits per heavy atom. The first-order valence-electron chi connectivity index (χ1n) is 5.72. The van der Waals surface area contributed by atoms with Gasteiger partial charge >= 0.3 is 0 Å². The normalized spacial score (nSPS) is 14.0. The van der Waals surface area contributed by atoms with E-state index in [1.165, 1.54) is 0 Å². The molecule has 1 aliphatic rings. The Kier molecular flexibility index (Phi) is 3.77. The van der Waals surface area contributed by atoms with Gasteiger partial charge in [0.1, 0.15) is 0 Å². The molecule has 0 saturated heterocycles. The number of imide groups is 1. The number of carbonyl (C=O) groups excluding carboxylic acids is 2. The van der Waals surface area contributed by atoms with E-state index >= 15 is 0 Å². The highest BCUT2D eigenvalue weighted by Crippen LogP contribution is 2.28. The molecule has 0 bridgehead atoms. The van der Waals surface area contributed by atoms with Crippen LogP contribution in [0.3, 0.4) is 0 Å². The van der Waals surface area contributed by atoms with E-state index in [0.717, 1.165) is 5.39 Å². The van der Waals surface area contributed by atoms with Crippen molar-refractivity contribution < 1.29 is 27.8 Å². The molecule has 2 N–H and O–H groups in total.